The first kappa shape index (κ1) is 14.9. The average molecular weight is 276 g/mol. The third-order valence-electron chi connectivity index (χ3n) is 3.35. The molecule has 1 aromatic carbocycles. The fourth-order valence-corrected chi connectivity index (χ4v) is 2.23. The molecule has 2 N–H and O–H groups in total. The van der Waals surface area contributed by atoms with Crippen molar-refractivity contribution in [1.82, 2.24) is 10.6 Å². The topological polar surface area (TPSA) is 50.4 Å². The van der Waals surface area contributed by atoms with Gasteiger partial charge >= 0.3 is 0 Å². The molecule has 0 spiro atoms. The van der Waals surface area contributed by atoms with Crippen molar-refractivity contribution in [3.63, 3.8) is 0 Å². The van der Waals surface area contributed by atoms with Crippen LogP contribution in [0.1, 0.15) is 37.0 Å². The zero-order chi connectivity index (χ0) is 14.4. The summed E-state index contributed by atoms with van der Waals surface area (Å²) in [5.41, 5.74) is 0.671. The molecule has 110 valence electrons. The van der Waals surface area contributed by atoms with Crippen LogP contribution in [-0.4, -0.2) is 31.6 Å². The Labute approximate surface area is 120 Å². The molecule has 2 rings (SSSR count). The van der Waals surface area contributed by atoms with Gasteiger partial charge in [0.05, 0.1) is 6.61 Å². The molecule has 20 heavy (non-hydrogen) atoms. The van der Waals surface area contributed by atoms with Crippen molar-refractivity contribution in [3.05, 3.63) is 29.8 Å². The van der Waals surface area contributed by atoms with Crippen molar-refractivity contribution in [2.75, 3.05) is 19.7 Å². The molecule has 1 aliphatic rings. The summed E-state index contributed by atoms with van der Waals surface area (Å²) >= 11 is 0. The predicted molar refractivity (Wildman–Crippen MR) is 80.1 cm³/mol. The van der Waals surface area contributed by atoms with Gasteiger partial charge in [0.2, 0.25) is 0 Å². The lowest BCUT2D eigenvalue weighted by molar-refractivity contribution is 0.0929. The SMILES string of the molecule is CC(C)COc1cccc(C(=O)NC2CCNCC2)c1. The molecule has 1 saturated heterocycles. The van der Waals surface area contributed by atoms with Gasteiger partial charge < -0.3 is 15.4 Å². The van der Waals surface area contributed by atoms with Gasteiger partial charge in [-0.15, -0.1) is 0 Å². The van der Waals surface area contributed by atoms with Crippen molar-refractivity contribution < 1.29 is 9.53 Å². The van der Waals surface area contributed by atoms with Crippen molar-refractivity contribution in [2.24, 2.45) is 5.92 Å². The van der Waals surface area contributed by atoms with E-state index in [9.17, 15) is 4.79 Å². The normalized spacial score (nSPS) is 16.1. The lowest BCUT2D eigenvalue weighted by Gasteiger charge is -2.23. The van der Waals surface area contributed by atoms with Crippen LogP contribution in [-0.2, 0) is 0 Å². The summed E-state index contributed by atoms with van der Waals surface area (Å²) in [6.45, 7) is 6.83. The van der Waals surface area contributed by atoms with Crippen LogP contribution in [0.25, 0.3) is 0 Å². The Morgan fingerprint density at radius 2 is 2.15 bits per heavy atom. The first-order chi connectivity index (χ1) is 9.65. The zero-order valence-corrected chi connectivity index (χ0v) is 12.3. The number of hydrogen-bond donors (Lipinski definition) is 2. The van der Waals surface area contributed by atoms with Gasteiger partial charge in [0.1, 0.15) is 5.75 Å². The van der Waals surface area contributed by atoms with Crippen molar-refractivity contribution in [1.29, 1.82) is 0 Å². The van der Waals surface area contributed by atoms with Gasteiger partial charge in [-0.2, -0.15) is 0 Å². The second-order valence-corrected chi connectivity index (χ2v) is 5.73. The van der Waals surface area contributed by atoms with Crippen molar-refractivity contribution in [3.8, 4) is 5.75 Å². The monoisotopic (exact) mass is 276 g/mol. The van der Waals surface area contributed by atoms with E-state index in [0.717, 1.165) is 31.7 Å². The van der Waals surface area contributed by atoms with E-state index in [0.29, 0.717) is 18.1 Å². The maximum Gasteiger partial charge on any atom is 0.251 e. The van der Waals surface area contributed by atoms with Crippen LogP contribution < -0.4 is 15.4 Å². The first-order valence-electron chi connectivity index (χ1n) is 7.39. The molecule has 1 aromatic rings. The number of piperidine rings is 1. The molecule has 0 saturated carbocycles. The molecule has 1 fully saturated rings. The molecule has 1 heterocycles. The number of amides is 1. The first-order valence-corrected chi connectivity index (χ1v) is 7.39. The molecule has 1 aliphatic heterocycles. The molecule has 0 aromatic heterocycles. The second kappa shape index (κ2) is 7.29. The lowest BCUT2D eigenvalue weighted by Crippen LogP contribution is -2.42. The number of carbonyl (C=O) groups excluding carboxylic acids is 1. The van der Waals surface area contributed by atoms with Crippen molar-refractivity contribution >= 4 is 5.91 Å². The van der Waals surface area contributed by atoms with Gasteiger partial charge in [-0.25, -0.2) is 0 Å². The predicted octanol–water partition coefficient (Wildman–Crippen LogP) is 2.20. The van der Waals surface area contributed by atoms with Crippen LogP contribution in [0.15, 0.2) is 24.3 Å². The Bertz CT molecular complexity index is 440. The molecule has 0 aliphatic carbocycles. The van der Waals surface area contributed by atoms with Crippen LogP contribution in [0.3, 0.4) is 0 Å². The highest BCUT2D eigenvalue weighted by Gasteiger charge is 2.16. The van der Waals surface area contributed by atoms with E-state index in [1.165, 1.54) is 0 Å². The van der Waals surface area contributed by atoms with Crippen LogP contribution in [0.5, 0.6) is 5.75 Å². The van der Waals surface area contributed by atoms with Crippen LogP contribution >= 0.6 is 0 Å². The summed E-state index contributed by atoms with van der Waals surface area (Å²) in [4.78, 5) is 12.2. The summed E-state index contributed by atoms with van der Waals surface area (Å²) in [5.74, 6) is 1.23. The third kappa shape index (κ3) is 4.53. The molecule has 1 amide bonds. The number of rotatable bonds is 5. The van der Waals surface area contributed by atoms with Gasteiger partial charge in [-0.3, -0.25) is 4.79 Å². The Kier molecular flexibility index (Phi) is 5.41. The summed E-state index contributed by atoms with van der Waals surface area (Å²) < 4.78 is 5.66. The Hall–Kier alpha value is -1.55. The molecule has 0 atom stereocenters. The quantitative estimate of drug-likeness (QED) is 0.867. The number of carbonyl (C=O) groups is 1. The van der Waals surface area contributed by atoms with Crippen LogP contribution in [0.4, 0.5) is 0 Å². The molecule has 4 heteroatoms. The second-order valence-electron chi connectivity index (χ2n) is 5.73. The Morgan fingerprint density at radius 3 is 2.85 bits per heavy atom. The third-order valence-corrected chi connectivity index (χ3v) is 3.35. The minimum absolute atomic E-state index is 0.00750. The van der Waals surface area contributed by atoms with Gasteiger partial charge in [-0.1, -0.05) is 19.9 Å². The highest BCUT2D eigenvalue weighted by atomic mass is 16.5. The van der Waals surface area contributed by atoms with Gasteiger partial charge in [-0.05, 0) is 50.0 Å². The smallest absolute Gasteiger partial charge is 0.251 e. The molecular formula is C16H24N2O2. The van der Waals surface area contributed by atoms with E-state index < -0.39 is 0 Å². The lowest BCUT2D eigenvalue weighted by atomic mass is 10.1. The summed E-state index contributed by atoms with van der Waals surface area (Å²) in [6, 6.07) is 7.69. The highest BCUT2D eigenvalue weighted by molar-refractivity contribution is 5.94. The minimum Gasteiger partial charge on any atom is -0.493 e. The molecular weight excluding hydrogens is 252 g/mol. The summed E-state index contributed by atoms with van der Waals surface area (Å²) in [6.07, 6.45) is 1.99. The highest BCUT2D eigenvalue weighted by Crippen LogP contribution is 2.15. The van der Waals surface area contributed by atoms with Crippen LogP contribution in [0, 0.1) is 5.92 Å². The largest absolute Gasteiger partial charge is 0.493 e. The Morgan fingerprint density at radius 1 is 1.40 bits per heavy atom. The van der Waals surface area contributed by atoms with E-state index in [2.05, 4.69) is 24.5 Å². The molecule has 0 radical (unpaired) electrons. The van der Waals surface area contributed by atoms with E-state index in [-0.39, 0.29) is 11.9 Å². The van der Waals surface area contributed by atoms with E-state index in [4.69, 9.17) is 4.74 Å². The van der Waals surface area contributed by atoms with Gasteiger partial charge in [0, 0.05) is 11.6 Å². The standard InChI is InChI=1S/C16H24N2O2/c1-12(2)11-20-15-5-3-4-13(10-15)16(19)18-14-6-8-17-9-7-14/h3-5,10,12,14,17H,6-9,11H2,1-2H3,(H,18,19). The number of ether oxygens (including phenoxy) is 1. The molecule has 0 unspecified atom stereocenters. The van der Waals surface area contributed by atoms with E-state index in [1.54, 1.807) is 0 Å². The average Bonchev–Trinajstić information content (AvgIpc) is 2.46. The number of benzene rings is 1. The van der Waals surface area contributed by atoms with E-state index >= 15 is 0 Å². The van der Waals surface area contributed by atoms with Crippen molar-refractivity contribution in [2.45, 2.75) is 32.7 Å². The zero-order valence-electron chi connectivity index (χ0n) is 12.3. The molecule has 0 bridgehead atoms. The van der Waals surface area contributed by atoms with Crippen LogP contribution in [0.2, 0.25) is 0 Å². The summed E-state index contributed by atoms with van der Waals surface area (Å²) in [7, 11) is 0. The van der Waals surface area contributed by atoms with Gasteiger partial charge in [0.15, 0.2) is 0 Å². The number of hydrogen-bond acceptors (Lipinski definition) is 3. The number of nitrogens with one attached hydrogen (secondary N) is 2. The maximum absolute atomic E-state index is 12.2. The maximum atomic E-state index is 12.2. The van der Waals surface area contributed by atoms with Gasteiger partial charge in [0.25, 0.3) is 5.91 Å². The minimum atomic E-state index is -0.00750. The fraction of sp³-hybridized carbons (Fsp3) is 0.562. The molecule has 4 nitrogen and oxygen atoms in total. The summed E-state index contributed by atoms with van der Waals surface area (Å²) in [5, 5.41) is 6.39. The van der Waals surface area contributed by atoms with E-state index in [1.807, 2.05) is 24.3 Å². The Balaban J connectivity index is 1.93. The fourth-order valence-electron chi connectivity index (χ4n) is 2.23.